The van der Waals surface area contributed by atoms with Crippen LogP contribution >= 0.6 is 0 Å². The monoisotopic (exact) mass is 511 g/mol. The van der Waals surface area contributed by atoms with Crippen molar-refractivity contribution in [2.75, 3.05) is 27.7 Å². The Morgan fingerprint density at radius 1 is 0.667 bits per heavy atom. The second-order valence-electron chi connectivity index (χ2n) is 12.3. The molecule has 2 unspecified atom stereocenters. The zero-order valence-corrected chi connectivity index (χ0v) is 24.8. The van der Waals surface area contributed by atoms with Gasteiger partial charge in [0.1, 0.15) is 6.54 Å². The Hall–Kier alpha value is -1.10. The van der Waals surface area contributed by atoms with Crippen LogP contribution in [0.4, 0.5) is 0 Å². The average Bonchev–Trinajstić information content (AvgIpc) is 2.76. The molecule has 2 atom stereocenters. The Morgan fingerprint density at radius 3 is 1.42 bits per heavy atom. The maximum absolute atomic E-state index is 12.3. The third-order valence-electron chi connectivity index (χ3n) is 7.01. The van der Waals surface area contributed by atoms with Crippen molar-refractivity contribution >= 4 is 11.9 Å². The Kier molecular flexibility index (Phi) is 22.3. The van der Waals surface area contributed by atoms with Crippen molar-refractivity contribution in [1.82, 2.24) is 0 Å². The van der Waals surface area contributed by atoms with Crippen molar-refractivity contribution in [2.24, 2.45) is 5.92 Å². The first-order valence-corrected chi connectivity index (χ1v) is 15.3. The van der Waals surface area contributed by atoms with Crippen molar-refractivity contribution < 1.29 is 23.9 Å². The zero-order chi connectivity index (χ0) is 27.1. The van der Waals surface area contributed by atoms with E-state index in [1.54, 1.807) is 0 Å². The fourth-order valence-electron chi connectivity index (χ4n) is 4.96. The molecule has 5 heteroatoms. The lowest BCUT2D eigenvalue weighted by molar-refractivity contribution is -0.873. The van der Waals surface area contributed by atoms with E-state index >= 15 is 0 Å². The van der Waals surface area contributed by atoms with Gasteiger partial charge in [-0.25, -0.2) is 0 Å². The van der Waals surface area contributed by atoms with Gasteiger partial charge >= 0.3 is 5.97 Å². The van der Waals surface area contributed by atoms with Gasteiger partial charge in [0, 0.05) is 18.8 Å². The number of unbranched alkanes of at least 4 members (excludes halogenated alkanes) is 17. The predicted molar refractivity (Wildman–Crippen MR) is 150 cm³/mol. The van der Waals surface area contributed by atoms with Crippen molar-refractivity contribution in [3.05, 3.63) is 0 Å². The van der Waals surface area contributed by atoms with Crippen LogP contribution in [0.15, 0.2) is 0 Å². The smallest absolute Gasteiger partial charge is 0.306 e. The van der Waals surface area contributed by atoms with Crippen LogP contribution in [0.3, 0.4) is 0 Å². The number of carboxylic acids is 1. The summed E-state index contributed by atoms with van der Waals surface area (Å²) in [5.41, 5.74) is 0. The van der Waals surface area contributed by atoms with E-state index in [1.165, 1.54) is 109 Å². The standard InChI is InChI=1S/C31H61NO4/c1-6-7-8-9-10-11-12-13-14-15-16-17-18-19-20-21-22-23-24-28(2)25-31(35)36-29(26-30(33)34)27-32(3,4)5/h28-29H,6-27H2,1-5H3. The number of hydrogen-bond acceptors (Lipinski definition) is 4. The largest absolute Gasteiger partial charge is 0.550 e. The van der Waals surface area contributed by atoms with E-state index in [-0.39, 0.29) is 18.3 Å². The van der Waals surface area contributed by atoms with Crippen molar-refractivity contribution in [1.29, 1.82) is 0 Å². The van der Waals surface area contributed by atoms with Gasteiger partial charge in [0.05, 0.1) is 21.1 Å². The molecule has 0 aromatic rings. The highest BCUT2D eigenvalue weighted by molar-refractivity contribution is 5.71. The maximum atomic E-state index is 12.3. The normalized spacial score (nSPS) is 13.5. The first-order chi connectivity index (χ1) is 17.1. The minimum absolute atomic E-state index is 0.241. The molecule has 0 aliphatic rings. The number of esters is 1. The quantitative estimate of drug-likeness (QED) is 0.0699. The number of carbonyl (C=O) groups excluding carboxylic acids is 2. The third-order valence-corrected chi connectivity index (χ3v) is 7.01. The molecule has 0 radical (unpaired) electrons. The van der Waals surface area contributed by atoms with Gasteiger partial charge < -0.3 is 19.1 Å². The number of nitrogens with zero attached hydrogens (tertiary/aromatic N) is 1. The van der Waals surface area contributed by atoms with E-state index in [4.69, 9.17) is 4.74 Å². The molecule has 36 heavy (non-hydrogen) atoms. The number of quaternary nitrogens is 1. The SMILES string of the molecule is CCCCCCCCCCCCCCCCCCCCC(C)CC(=O)OC(CC(=O)[O-])C[N+](C)(C)C. The van der Waals surface area contributed by atoms with Crippen LogP contribution in [0.5, 0.6) is 0 Å². The molecular formula is C31H61NO4. The number of carbonyl (C=O) groups is 2. The van der Waals surface area contributed by atoms with Crippen molar-refractivity contribution in [3.8, 4) is 0 Å². The first kappa shape index (κ1) is 34.9. The van der Waals surface area contributed by atoms with Crippen LogP contribution in [-0.2, 0) is 14.3 Å². The first-order valence-electron chi connectivity index (χ1n) is 15.3. The highest BCUT2D eigenvalue weighted by Gasteiger charge is 2.23. The molecule has 0 N–H and O–H groups in total. The Labute approximate surface area is 224 Å². The number of ether oxygens (including phenoxy) is 1. The van der Waals surface area contributed by atoms with E-state index in [1.807, 2.05) is 21.1 Å². The molecule has 0 rings (SSSR count). The second kappa shape index (κ2) is 23.0. The van der Waals surface area contributed by atoms with Gasteiger partial charge in [0.15, 0.2) is 6.10 Å². The number of hydrogen-bond donors (Lipinski definition) is 0. The van der Waals surface area contributed by atoms with Gasteiger partial charge in [-0.15, -0.1) is 0 Å². The molecule has 0 aliphatic heterocycles. The lowest BCUT2D eigenvalue weighted by atomic mass is 9.98. The van der Waals surface area contributed by atoms with E-state index in [0.29, 0.717) is 17.4 Å². The number of likely N-dealkylation sites (N-methyl/N-ethyl adjacent to an activating group) is 1. The van der Waals surface area contributed by atoms with Crippen molar-refractivity contribution in [2.45, 2.75) is 155 Å². The topological polar surface area (TPSA) is 66.4 Å². The molecule has 0 aromatic heterocycles. The highest BCUT2D eigenvalue weighted by Crippen LogP contribution is 2.18. The molecule has 5 nitrogen and oxygen atoms in total. The van der Waals surface area contributed by atoms with Crippen LogP contribution in [0.25, 0.3) is 0 Å². The van der Waals surface area contributed by atoms with Crippen LogP contribution < -0.4 is 5.11 Å². The van der Waals surface area contributed by atoms with Crippen molar-refractivity contribution in [3.63, 3.8) is 0 Å². The maximum Gasteiger partial charge on any atom is 0.306 e. The molecule has 214 valence electrons. The number of carboxylic acid groups (broad SMARTS) is 1. The fraction of sp³-hybridized carbons (Fsp3) is 0.935. The molecule has 0 amide bonds. The highest BCUT2D eigenvalue weighted by atomic mass is 16.5. The molecule has 0 aliphatic carbocycles. The summed E-state index contributed by atoms with van der Waals surface area (Å²) in [6.07, 6.45) is 25.2. The summed E-state index contributed by atoms with van der Waals surface area (Å²) >= 11 is 0. The van der Waals surface area contributed by atoms with E-state index < -0.39 is 12.1 Å². The average molecular weight is 512 g/mol. The minimum Gasteiger partial charge on any atom is -0.550 e. The summed E-state index contributed by atoms with van der Waals surface area (Å²) in [4.78, 5) is 23.3. The summed E-state index contributed by atoms with van der Waals surface area (Å²) in [6.45, 7) is 4.83. The minimum atomic E-state index is -1.17. The third kappa shape index (κ3) is 26.0. The summed E-state index contributed by atoms with van der Waals surface area (Å²) in [7, 11) is 5.87. The Bertz CT molecular complexity index is 529. The van der Waals surface area contributed by atoms with Crippen LogP contribution in [-0.4, -0.2) is 50.2 Å². The van der Waals surface area contributed by atoms with Gasteiger partial charge in [-0.3, -0.25) is 4.79 Å². The summed E-state index contributed by atoms with van der Waals surface area (Å²) in [5, 5.41) is 11.0. The molecule has 0 spiro atoms. The Balaban J connectivity index is 3.57. The van der Waals surface area contributed by atoms with Crippen LogP contribution in [0.1, 0.15) is 149 Å². The van der Waals surface area contributed by atoms with Gasteiger partial charge in [0.2, 0.25) is 0 Å². The van der Waals surface area contributed by atoms with Gasteiger partial charge in [-0.05, 0) is 5.92 Å². The number of aliphatic carboxylic acids is 1. The second-order valence-corrected chi connectivity index (χ2v) is 12.3. The summed E-state index contributed by atoms with van der Waals surface area (Å²) < 4.78 is 6.01. The molecule has 0 heterocycles. The van der Waals surface area contributed by atoms with Gasteiger partial charge in [-0.2, -0.15) is 0 Å². The molecule has 0 saturated carbocycles. The molecule has 0 saturated heterocycles. The molecule has 0 aromatic carbocycles. The lowest BCUT2D eigenvalue weighted by Crippen LogP contribution is -2.45. The summed E-state index contributed by atoms with van der Waals surface area (Å²) in [5.74, 6) is -1.19. The van der Waals surface area contributed by atoms with Gasteiger partial charge in [0.25, 0.3) is 0 Å². The fourth-order valence-corrected chi connectivity index (χ4v) is 4.96. The predicted octanol–water partition coefficient (Wildman–Crippen LogP) is 7.20. The van der Waals surface area contributed by atoms with E-state index in [9.17, 15) is 14.7 Å². The Morgan fingerprint density at radius 2 is 1.06 bits per heavy atom. The summed E-state index contributed by atoms with van der Waals surface area (Å²) in [6, 6.07) is 0. The molecule has 0 bridgehead atoms. The van der Waals surface area contributed by atoms with Gasteiger partial charge in [-0.1, -0.05) is 136 Å². The number of rotatable bonds is 26. The van der Waals surface area contributed by atoms with Crippen LogP contribution in [0, 0.1) is 5.92 Å². The van der Waals surface area contributed by atoms with E-state index in [0.717, 1.165) is 12.8 Å². The molecule has 0 fully saturated rings. The van der Waals surface area contributed by atoms with E-state index in [2.05, 4.69) is 13.8 Å². The van der Waals surface area contributed by atoms with Crippen LogP contribution in [0.2, 0.25) is 0 Å². The zero-order valence-electron chi connectivity index (χ0n) is 24.8. The lowest BCUT2D eigenvalue weighted by Gasteiger charge is -2.29. The molecular weight excluding hydrogens is 450 g/mol.